The van der Waals surface area contributed by atoms with Crippen LogP contribution in [0.1, 0.15) is 32.1 Å². The minimum Gasteiger partial charge on any atom is -0.286 e. The van der Waals surface area contributed by atoms with Crippen molar-refractivity contribution in [1.29, 1.82) is 0 Å². The smallest absolute Gasteiger partial charge is 0.0947 e. The van der Waals surface area contributed by atoms with E-state index in [4.69, 9.17) is 0 Å². The molecule has 0 saturated heterocycles. The van der Waals surface area contributed by atoms with Crippen LogP contribution in [-0.2, 0) is 0 Å². The largest absolute Gasteiger partial charge is 0.286 e. The Kier molecular flexibility index (Phi) is 1.57. The van der Waals surface area contributed by atoms with Gasteiger partial charge in [-0.25, -0.2) is 0 Å². The fourth-order valence-corrected chi connectivity index (χ4v) is 1.76. The Morgan fingerprint density at radius 3 is 3.00 bits per heavy atom. The number of fused-ring (bicyclic) bond motifs is 1. The first-order chi connectivity index (χ1) is 4.97. The minimum atomic E-state index is 0.502. The molecule has 56 valence electrons. The normalized spacial score (nSPS) is 38.4. The van der Waals surface area contributed by atoms with Crippen molar-refractivity contribution in [1.82, 2.24) is 5.43 Å². The third-order valence-electron chi connectivity index (χ3n) is 2.41. The zero-order valence-electron chi connectivity index (χ0n) is 6.08. The van der Waals surface area contributed by atoms with E-state index in [1.54, 1.807) is 0 Å². The molecule has 2 atom stereocenters. The van der Waals surface area contributed by atoms with Gasteiger partial charge in [-0.1, -0.05) is 24.5 Å². The average Bonchev–Trinajstić information content (AvgIpc) is 2.28. The van der Waals surface area contributed by atoms with Gasteiger partial charge in [-0.3, -0.25) is 5.43 Å². The predicted octanol–water partition coefficient (Wildman–Crippen LogP) is 1.66. The van der Waals surface area contributed by atoms with Gasteiger partial charge >= 0.3 is 0 Å². The third kappa shape index (κ3) is 1.00. The predicted molar refractivity (Wildman–Crippen MR) is 38.7 cm³/mol. The fraction of sp³-hybridized carbons (Fsp3) is 1.00. The molecule has 0 spiro atoms. The van der Waals surface area contributed by atoms with Crippen molar-refractivity contribution in [2.45, 2.75) is 44.2 Å². The number of hydrogen-bond acceptors (Lipinski definition) is 3. The van der Waals surface area contributed by atoms with Crippen LogP contribution in [0.4, 0.5) is 0 Å². The Balaban J connectivity index is 2.00. The molecule has 0 radical (unpaired) electrons. The summed E-state index contributed by atoms with van der Waals surface area (Å²) in [5, 5.41) is 7.98. The second kappa shape index (κ2) is 2.56. The van der Waals surface area contributed by atoms with Gasteiger partial charge in [0.25, 0.3) is 0 Å². The van der Waals surface area contributed by atoms with E-state index in [1.165, 1.54) is 32.1 Å². The maximum atomic E-state index is 4.13. The summed E-state index contributed by atoms with van der Waals surface area (Å²) in [5.74, 6) is 0. The van der Waals surface area contributed by atoms with Crippen LogP contribution in [0, 0.1) is 0 Å². The molecule has 2 rings (SSSR count). The van der Waals surface area contributed by atoms with E-state index in [1.807, 2.05) is 0 Å². The lowest BCUT2D eigenvalue weighted by molar-refractivity contribution is 0.485. The quantitative estimate of drug-likeness (QED) is 0.544. The van der Waals surface area contributed by atoms with E-state index < -0.39 is 0 Å². The van der Waals surface area contributed by atoms with Crippen molar-refractivity contribution in [3.8, 4) is 0 Å². The highest BCUT2D eigenvalue weighted by atomic mass is 15.5. The van der Waals surface area contributed by atoms with Crippen LogP contribution in [0.5, 0.6) is 0 Å². The lowest BCUT2D eigenvalue weighted by Crippen LogP contribution is -2.28. The van der Waals surface area contributed by atoms with Gasteiger partial charge in [-0.2, -0.15) is 5.11 Å². The van der Waals surface area contributed by atoms with Crippen molar-refractivity contribution in [2.24, 2.45) is 10.3 Å². The van der Waals surface area contributed by atoms with Crippen molar-refractivity contribution < 1.29 is 0 Å². The lowest BCUT2D eigenvalue weighted by Gasteiger charge is -2.10. The molecule has 2 aliphatic rings. The monoisotopic (exact) mass is 139 g/mol. The zero-order chi connectivity index (χ0) is 6.81. The van der Waals surface area contributed by atoms with Crippen LogP contribution in [0.2, 0.25) is 0 Å². The molecular formula is C7H13N3. The highest BCUT2D eigenvalue weighted by Gasteiger charge is 2.26. The highest BCUT2D eigenvalue weighted by molar-refractivity contribution is 4.85. The summed E-state index contributed by atoms with van der Waals surface area (Å²) >= 11 is 0. The first kappa shape index (κ1) is 6.13. The average molecular weight is 139 g/mol. The van der Waals surface area contributed by atoms with Crippen LogP contribution in [-0.4, -0.2) is 12.1 Å². The Labute approximate surface area is 60.9 Å². The van der Waals surface area contributed by atoms with E-state index in [9.17, 15) is 0 Å². The first-order valence-electron chi connectivity index (χ1n) is 4.12. The van der Waals surface area contributed by atoms with E-state index in [0.29, 0.717) is 12.1 Å². The first-order valence-corrected chi connectivity index (χ1v) is 4.12. The summed E-state index contributed by atoms with van der Waals surface area (Å²) in [6, 6.07) is 1.07. The van der Waals surface area contributed by atoms with Gasteiger partial charge in [0.1, 0.15) is 0 Å². The summed E-state index contributed by atoms with van der Waals surface area (Å²) in [4.78, 5) is 0. The van der Waals surface area contributed by atoms with Gasteiger partial charge in [0, 0.05) is 0 Å². The number of nitrogens with zero attached hydrogens (tertiary/aromatic N) is 2. The molecule has 0 aromatic heterocycles. The highest BCUT2D eigenvalue weighted by Crippen LogP contribution is 2.23. The molecule has 3 nitrogen and oxygen atoms in total. The van der Waals surface area contributed by atoms with Crippen molar-refractivity contribution >= 4 is 0 Å². The van der Waals surface area contributed by atoms with Crippen molar-refractivity contribution in [3.63, 3.8) is 0 Å². The summed E-state index contributed by atoms with van der Waals surface area (Å²) < 4.78 is 0. The molecule has 1 N–H and O–H groups in total. The Morgan fingerprint density at radius 2 is 2.00 bits per heavy atom. The van der Waals surface area contributed by atoms with E-state index in [-0.39, 0.29) is 0 Å². The van der Waals surface area contributed by atoms with E-state index >= 15 is 0 Å². The van der Waals surface area contributed by atoms with E-state index in [2.05, 4.69) is 15.8 Å². The Morgan fingerprint density at radius 1 is 1.10 bits per heavy atom. The maximum absolute atomic E-state index is 4.13. The molecule has 3 heteroatoms. The standard InChI is InChI=1S/C7H13N3/c1-2-4-6-7(5-3-1)9-10-8-6/h6-7H,1-5H2,(H,8,9)/t6-,7?/m0/s1. The molecule has 10 heavy (non-hydrogen) atoms. The SMILES string of the molecule is C1CCC2N=NN[C@H]2CC1. The minimum absolute atomic E-state index is 0.502. The molecule has 0 bridgehead atoms. The summed E-state index contributed by atoms with van der Waals surface area (Å²) in [6.07, 6.45) is 6.56. The van der Waals surface area contributed by atoms with Gasteiger partial charge in [0.05, 0.1) is 12.1 Å². The summed E-state index contributed by atoms with van der Waals surface area (Å²) in [5.41, 5.74) is 3.06. The van der Waals surface area contributed by atoms with Gasteiger partial charge in [-0.15, -0.1) is 0 Å². The molecule has 1 heterocycles. The zero-order valence-corrected chi connectivity index (χ0v) is 6.08. The third-order valence-corrected chi connectivity index (χ3v) is 2.41. The van der Waals surface area contributed by atoms with Gasteiger partial charge in [-0.05, 0) is 12.8 Å². The second-order valence-corrected chi connectivity index (χ2v) is 3.16. The van der Waals surface area contributed by atoms with Crippen LogP contribution >= 0.6 is 0 Å². The van der Waals surface area contributed by atoms with Gasteiger partial charge in [0.15, 0.2) is 0 Å². The fourth-order valence-electron chi connectivity index (χ4n) is 1.76. The second-order valence-electron chi connectivity index (χ2n) is 3.16. The van der Waals surface area contributed by atoms with Crippen LogP contribution in [0.25, 0.3) is 0 Å². The topological polar surface area (TPSA) is 36.8 Å². The lowest BCUT2D eigenvalue weighted by atomic mass is 10.1. The van der Waals surface area contributed by atoms with Crippen LogP contribution in [0.15, 0.2) is 10.3 Å². The van der Waals surface area contributed by atoms with Crippen molar-refractivity contribution in [3.05, 3.63) is 0 Å². The van der Waals surface area contributed by atoms with E-state index in [0.717, 1.165) is 0 Å². The molecule has 1 aliphatic heterocycles. The van der Waals surface area contributed by atoms with Crippen LogP contribution < -0.4 is 5.43 Å². The Hall–Kier alpha value is -0.600. The van der Waals surface area contributed by atoms with Crippen LogP contribution in [0.3, 0.4) is 0 Å². The summed E-state index contributed by atoms with van der Waals surface area (Å²) in [6.45, 7) is 0. The van der Waals surface area contributed by atoms with Gasteiger partial charge in [0.2, 0.25) is 0 Å². The molecular weight excluding hydrogens is 126 g/mol. The molecule has 0 aromatic carbocycles. The summed E-state index contributed by atoms with van der Waals surface area (Å²) in [7, 11) is 0. The number of hydrogen-bond donors (Lipinski definition) is 1. The molecule has 1 saturated carbocycles. The number of rotatable bonds is 0. The Bertz CT molecular complexity index is 144. The number of nitrogens with one attached hydrogen (secondary N) is 1. The molecule has 1 fully saturated rings. The molecule has 1 unspecified atom stereocenters. The maximum Gasteiger partial charge on any atom is 0.0947 e. The molecule has 1 aliphatic carbocycles. The van der Waals surface area contributed by atoms with Gasteiger partial charge < -0.3 is 0 Å². The molecule has 0 amide bonds. The molecule has 0 aromatic rings. The van der Waals surface area contributed by atoms with Crippen molar-refractivity contribution in [2.75, 3.05) is 0 Å².